The highest BCUT2D eigenvalue weighted by Crippen LogP contribution is 2.14. The van der Waals surface area contributed by atoms with Crippen molar-refractivity contribution in [1.82, 2.24) is 10.2 Å². The van der Waals surface area contributed by atoms with Crippen LogP contribution in [0.3, 0.4) is 0 Å². The van der Waals surface area contributed by atoms with E-state index in [2.05, 4.69) is 41.1 Å². The van der Waals surface area contributed by atoms with E-state index in [1.165, 1.54) is 5.56 Å². The smallest absolute Gasteiger partial charge is 0.0820 e. The molecule has 1 heterocycles. The standard InChI is InChI=1S/C15H22N2O/c1-2-9-16-14-8-10-17(12-15(14)18)11-13-6-4-3-5-7-13/h2-7,14-16,18H,1,8-12H2/t14?,15-/m1/s1. The fourth-order valence-electron chi connectivity index (χ4n) is 2.46. The van der Waals surface area contributed by atoms with Gasteiger partial charge in [-0.15, -0.1) is 6.58 Å². The van der Waals surface area contributed by atoms with Gasteiger partial charge in [0.15, 0.2) is 0 Å². The van der Waals surface area contributed by atoms with Crippen LogP contribution in [0.2, 0.25) is 0 Å². The summed E-state index contributed by atoms with van der Waals surface area (Å²) >= 11 is 0. The van der Waals surface area contributed by atoms with E-state index in [0.717, 1.165) is 32.6 Å². The first kappa shape index (κ1) is 13.3. The van der Waals surface area contributed by atoms with E-state index in [0.29, 0.717) is 0 Å². The molecule has 0 spiro atoms. The normalized spacial score (nSPS) is 24.9. The van der Waals surface area contributed by atoms with E-state index in [-0.39, 0.29) is 12.1 Å². The first-order chi connectivity index (χ1) is 8.79. The minimum atomic E-state index is -0.289. The summed E-state index contributed by atoms with van der Waals surface area (Å²) in [6, 6.07) is 10.6. The van der Waals surface area contributed by atoms with Crippen LogP contribution in [0.25, 0.3) is 0 Å². The summed E-state index contributed by atoms with van der Waals surface area (Å²) < 4.78 is 0. The maximum absolute atomic E-state index is 10.1. The minimum Gasteiger partial charge on any atom is -0.390 e. The summed E-state index contributed by atoms with van der Waals surface area (Å²) in [5.41, 5.74) is 1.31. The number of nitrogens with zero attached hydrogens (tertiary/aromatic N) is 1. The summed E-state index contributed by atoms with van der Waals surface area (Å²) in [6.07, 6.45) is 2.53. The second-order valence-corrected chi connectivity index (χ2v) is 4.88. The van der Waals surface area contributed by atoms with Crippen LogP contribution in [0.15, 0.2) is 43.0 Å². The molecule has 0 aromatic heterocycles. The van der Waals surface area contributed by atoms with Gasteiger partial charge < -0.3 is 10.4 Å². The second-order valence-electron chi connectivity index (χ2n) is 4.88. The van der Waals surface area contributed by atoms with Crippen molar-refractivity contribution in [3.8, 4) is 0 Å². The predicted octanol–water partition coefficient (Wildman–Crippen LogP) is 1.40. The molecule has 0 radical (unpaired) electrons. The average molecular weight is 246 g/mol. The molecule has 2 N–H and O–H groups in total. The molecule has 1 aromatic rings. The van der Waals surface area contributed by atoms with Gasteiger partial charge in [0, 0.05) is 32.2 Å². The molecule has 3 heteroatoms. The summed E-state index contributed by atoms with van der Waals surface area (Å²) in [5, 5.41) is 13.4. The van der Waals surface area contributed by atoms with Gasteiger partial charge in [0.2, 0.25) is 0 Å². The van der Waals surface area contributed by atoms with Gasteiger partial charge in [0.25, 0.3) is 0 Å². The van der Waals surface area contributed by atoms with Gasteiger partial charge in [-0.1, -0.05) is 36.4 Å². The topological polar surface area (TPSA) is 35.5 Å². The molecule has 0 amide bonds. The zero-order chi connectivity index (χ0) is 12.8. The Hall–Kier alpha value is -1.16. The van der Waals surface area contributed by atoms with Gasteiger partial charge in [-0.3, -0.25) is 4.90 Å². The zero-order valence-corrected chi connectivity index (χ0v) is 10.8. The summed E-state index contributed by atoms with van der Waals surface area (Å²) in [5.74, 6) is 0. The number of piperidine rings is 1. The van der Waals surface area contributed by atoms with Gasteiger partial charge in [0.05, 0.1) is 6.10 Å². The number of hydrogen-bond donors (Lipinski definition) is 2. The Bertz CT molecular complexity index is 366. The molecule has 1 fully saturated rings. The molecule has 98 valence electrons. The van der Waals surface area contributed by atoms with Crippen molar-refractivity contribution in [3.63, 3.8) is 0 Å². The van der Waals surface area contributed by atoms with E-state index < -0.39 is 0 Å². The number of benzene rings is 1. The van der Waals surface area contributed by atoms with Crippen LogP contribution in [0.1, 0.15) is 12.0 Å². The first-order valence-electron chi connectivity index (χ1n) is 6.58. The molecule has 1 aliphatic rings. The van der Waals surface area contributed by atoms with Crippen LogP contribution in [0.4, 0.5) is 0 Å². The van der Waals surface area contributed by atoms with E-state index in [9.17, 15) is 5.11 Å². The van der Waals surface area contributed by atoms with Crippen LogP contribution in [0.5, 0.6) is 0 Å². The molecule has 1 aliphatic heterocycles. The van der Waals surface area contributed by atoms with Crippen molar-refractivity contribution < 1.29 is 5.11 Å². The molecule has 1 unspecified atom stereocenters. The Morgan fingerprint density at radius 3 is 2.83 bits per heavy atom. The first-order valence-corrected chi connectivity index (χ1v) is 6.58. The predicted molar refractivity (Wildman–Crippen MR) is 74.3 cm³/mol. The number of likely N-dealkylation sites (tertiary alicyclic amines) is 1. The number of aliphatic hydroxyl groups excluding tert-OH is 1. The lowest BCUT2D eigenvalue weighted by Gasteiger charge is -2.36. The molecule has 1 saturated heterocycles. The lowest BCUT2D eigenvalue weighted by Crippen LogP contribution is -2.52. The highest BCUT2D eigenvalue weighted by Gasteiger charge is 2.26. The SMILES string of the molecule is C=CCNC1CCN(Cc2ccccc2)C[C@H]1O. The van der Waals surface area contributed by atoms with Crippen LogP contribution in [0, 0.1) is 0 Å². The fraction of sp³-hybridized carbons (Fsp3) is 0.467. The molecule has 2 atom stereocenters. The molecule has 2 rings (SSSR count). The Morgan fingerprint density at radius 1 is 1.39 bits per heavy atom. The molecule has 18 heavy (non-hydrogen) atoms. The quantitative estimate of drug-likeness (QED) is 0.771. The molecular formula is C15H22N2O. The largest absolute Gasteiger partial charge is 0.390 e. The Balaban J connectivity index is 1.82. The lowest BCUT2D eigenvalue weighted by atomic mass is 10.0. The van der Waals surface area contributed by atoms with Crippen molar-refractivity contribution in [2.75, 3.05) is 19.6 Å². The molecular weight excluding hydrogens is 224 g/mol. The molecule has 0 aliphatic carbocycles. The minimum absolute atomic E-state index is 0.204. The summed E-state index contributed by atoms with van der Waals surface area (Å²) in [4.78, 5) is 2.31. The van der Waals surface area contributed by atoms with Gasteiger partial charge >= 0.3 is 0 Å². The monoisotopic (exact) mass is 246 g/mol. The average Bonchev–Trinajstić information content (AvgIpc) is 2.39. The third kappa shape index (κ3) is 3.67. The third-order valence-corrected chi connectivity index (χ3v) is 3.44. The summed E-state index contributed by atoms with van der Waals surface area (Å²) in [6.45, 7) is 7.14. The molecule has 0 saturated carbocycles. The van der Waals surface area contributed by atoms with Crippen molar-refractivity contribution in [2.24, 2.45) is 0 Å². The maximum atomic E-state index is 10.1. The number of hydrogen-bond acceptors (Lipinski definition) is 3. The maximum Gasteiger partial charge on any atom is 0.0820 e. The number of nitrogens with one attached hydrogen (secondary N) is 1. The Labute approximate surface area is 109 Å². The van der Waals surface area contributed by atoms with Crippen LogP contribution < -0.4 is 5.32 Å². The van der Waals surface area contributed by atoms with Crippen LogP contribution >= 0.6 is 0 Å². The number of aliphatic hydroxyl groups is 1. The van der Waals surface area contributed by atoms with Crippen LogP contribution in [-0.4, -0.2) is 41.8 Å². The van der Waals surface area contributed by atoms with Gasteiger partial charge in [-0.05, 0) is 12.0 Å². The zero-order valence-electron chi connectivity index (χ0n) is 10.8. The van der Waals surface area contributed by atoms with E-state index in [1.54, 1.807) is 0 Å². The number of rotatable bonds is 5. The van der Waals surface area contributed by atoms with E-state index in [4.69, 9.17) is 0 Å². The third-order valence-electron chi connectivity index (χ3n) is 3.44. The lowest BCUT2D eigenvalue weighted by molar-refractivity contribution is 0.0384. The van der Waals surface area contributed by atoms with Crippen molar-refractivity contribution >= 4 is 0 Å². The highest BCUT2D eigenvalue weighted by atomic mass is 16.3. The molecule has 0 bridgehead atoms. The summed E-state index contributed by atoms with van der Waals surface area (Å²) in [7, 11) is 0. The number of β-amino-alcohol motifs (C(OH)–C–C–N with tert-alkyl or cyclic N) is 1. The fourth-order valence-corrected chi connectivity index (χ4v) is 2.46. The second kappa shape index (κ2) is 6.69. The van der Waals surface area contributed by atoms with Gasteiger partial charge in [-0.2, -0.15) is 0 Å². The van der Waals surface area contributed by atoms with E-state index in [1.807, 2.05) is 12.1 Å². The highest BCUT2D eigenvalue weighted by molar-refractivity contribution is 5.14. The molecule has 3 nitrogen and oxygen atoms in total. The van der Waals surface area contributed by atoms with Gasteiger partial charge in [0.1, 0.15) is 0 Å². The Kier molecular flexibility index (Phi) is 4.93. The molecule has 1 aromatic carbocycles. The van der Waals surface area contributed by atoms with Gasteiger partial charge in [-0.25, -0.2) is 0 Å². The van der Waals surface area contributed by atoms with Crippen molar-refractivity contribution in [3.05, 3.63) is 48.6 Å². The van der Waals surface area contributed by atoms with Crippen LogP contribution in [-0.2, 0) is 6.54 Å². The van der Waals surface area contributed by atoms with Crippen molar-refractivity contribution in [2.45, 2.75) is 25.1 Å². The van der Waals surface area contributed by atoms with Crippen molar-refractivity contribution in [1.29, 1.82) is 0 Å². The van der Waals surface area contributed by atoms with E-state index >= 15 is 0 Å². The Morgan fingerprint density at radius 2 is 2.17 bits per heavy atom.